The molecule has 0 amide bonds. The highest BCUT2D eigenvalue weighted by atomic mass is 35.5. The van der Waals surface area contributed by atoms with E-state index in [9.17, 15) is 0 Å². The molecule has 0 aliphatic heterocycles. The maximum atomic E-state index is 5.77. The number of nitrogens with zero attached hydrogens (tertiary/aromatic N) is 2. The monoisotopic (exact) mass is 237 g/mol. The molecule has 0 bridgehead atoms. The Morgan fingerprint density at radius 1 is 1.31 bits per heavy atom. The van der Waals surface area contributed by atoms with E-state index >= 15 is 0 Å². The quantitative estimate of drug-likeness (QED) is 0.816. The van der Waals surface area contributed by atoms with Gasteiger partial charge >= 0.3 is 0 Å². The van der Waals surface area contributed by atoms with E-state index in [1.165, 1.54) is 0 Å². The SMILES string of the molecule is CC(C)Oc1ccc2nc(Cl)nc(N)c2c1. The number of aromatic nitrogens is 2. The highest BCUT2D eigenvalue weighted by Crippen LogP contribution is 2.25. The van der Waals surface area contributed by atoms with Gasteiger partial charge in [-0.3, -0.25) is 0 Å². The van der Waals surface area contributed by atoms with E-state index in [1.54, 1.807) is 0 Å². The molecule has 5 heteroatoms. The summed E-state index contributed by atoms with van der Waals surface area (Å²) in [6.45, 7) is 3.93. The first-order valence-corrected chi connectivity index (χ1v) is 5.33. The van der Waals surface area contributed by atoms with E-state index in [4.69, 9.17) is 22.1 Å². The smallest absolute Gasteiger partial charge is 0.224 e. The third-order valence-corrected chi connectivity index (χ3v) is 2.21. The zero-order chi connectivity index (χ0) is 11.7. The second-order valence-corrected chi connectivity index (χ2v) is 4.06. The molecule has 0 aliphatic rings. The first kappa shape index (κ1) is 11.0. The molecule has 0 spiro atoms. The minimum atomic E-state index is 0.117. The Kier molecular flexibility index (Phi) is 2.83. The van der Waals surface area contributed by atoms with E-state index in [2.05, 4.69) is 9.97 Å². The van der Waals surface area contributed by atoms with Crippen LogP contribution in [0, 0.1) is 0 Å². The Balaban J connectivity index is 2.53. The van der Waals surface area contributed by atoms with Crippen molar-refractivity contribution in [2.45, 2.75) is 20.0 Å². The lowest BCUT2D eigenvalue weighted by Gasteiger charge is -2.10. The van der Waals surface area contributed by atoms with Crippen LogP contribution in [0.1, 0.15) is 13.8 Å². The Bertz CT molecular complexity index is 528. The van der Waals surface area contributed by atoms with Gasteiger partial charge in [0.25, 0.3) is 0 Å². The zero-order valence-corrected chi connectivity index (χ0v) is 9.82. The Morgan fingerprint density at radius 2 is 2.06 bits per heavy atom. The van der Waals surface area contributed by atoms with Crippen molar-refractivity contribution < 1.29 is 4.74 Å². The summed E-state index contributed by atoms with van der Waals surface area (Å²) in [6, 6.07) is 5.48. The van der Waals surface area contributed by atoms with Crippen LogP contribution in [-0.2, 0) is 0 Å². The van der Waals surface area contributed by atoms with Crippen molar-refractivity contribution in [3.05, 3.63) is 23.5 Å². The van der Waals surface area contributed by atoms with Gasteiger partial charge in [-0.25, -0.2) is 9.97 Å². The number of fused-ring (bicyclic) bond motifs is 1. The summed E-state index contributed by atoms with van der Waals surface area (Å²) >= 11 is 5.71. The minimum absolute atomic E-state index is 0.117. The lowest BCUT2D eigenvalue weighted by atomic mass is 10.2. The molecule has 16 heavy (non-hydrogen) atoms. The van der Waals surface area contributed by atoms with Crippen LogP contribution in [0.3, 0.4) is 0 Å². The van der Waals surface area contributed by atoms with E-state index in [0.29, 0.717) is 11.3 Å². The molecule has 0 radical (unpaired) electrons. The molecule has 0 aliphatic carbocycles. The van der Waals surface area contributed by atoms with Crippen LogP contribution in [0.4, 0.5) is 5.82 Å². The molecule has 0 saturated carbocycles. The van der Waals surface area contributed by atoms with Crippen LogP contribution >= 0.6 is 11.6 Å². The fraction of sp³-hybridized carbons (Fsp3) is 0.273. The molecule has 0 unspecified atom stereocenters. The molecule has 0 saturated heterocycles. The Hall–Kier alpha value is -1.55. The second kappa shape index (κ2) is 4.14. The maximum absolute atomic E-state index is 5.77. The number of hydrogen-bond donors (Lipinski definition) is 1. The average molecular weight is 238 g/mol. The molecule has 1 heterocycles. The van der Waals surface area contributed by atoms with Gasteiger partial charge in [0.15, 0.2) is 0 Å². The van der Waals surface area contributed by atoms with Gasteiger partial charge in [-0.1, -0.05) is 0 Å². The van der Waals surface area contributed by atoms with Crippen LogP contribution in [0.2, 0.25) is 5.28 Å². The fourth-order valence-corrected chi connectivity index (χ4v) is 1.63. The van der Waals surface area contributed by atoms with Gasteiger partial charge in [0.2, 0.25) is 5.28 Å². The molecule has 4 nitrogen and oxygen atoms in total. The number of halogens is 1. The zero-order valence-electron chi connectivity index (χ0n) is 9.07. The van der Waals surface area contributed by atoms with E-state index < -0.39 is 0 Å². The van der Waals surface area contributed by atoms with Crippen molar-refractivity contribution in [3.8, 4) is 5.75 Å². The number of ether oxygens (including phenoxy) is 1. The predicted molar refractivity (Wildman–Crippen MR) is 64.7 cm³/mol. The van der Waals surface area contributed by atoms with Crippen molar-refractivity contribution >= 4 is 28.3 Å². The van der Waals surface area contributed by atoms with Crippen molar-refractivity contribution in [1.82, 2.24) is 9.97 Å². The van der Waals surface area contributed by atoms with Gasteiger partial charge < -0.3 is 10.5 Å². The van der Waals surface area contributed by atoms with Gasteiger partial charge in [-0.05, 0) is 43.6 Å². The molecule has 1 aromatic carbocycles. The molecule has 0 fully saturated rings. The van der Waals surface area contributed by atoms with Gasteiger partial charge in [-0.2, -0.15) is 0 Å². The van der Waals surface area contributed by atoms with Crippen LogP contribution in [0.15, 0.2) is 18.2 Å². The molecule has 2 rings (SSSR count). The van der Waals surface area contributed by atoms with E-state index in [1.807, 2.05) is 32.0 Å². The predicted octanol–water partition coefficient (Wildman–Crippen LogP) is 2.65. The number of nitrogens with two attached hydrogens (primary N) is 1. The third kappa shape index (κ3) is 2.17. The van der Waals surface area contributed by atoms with Gasteiger partial charge in [0, 0.05) is 5.39 Å². The maximum Gasteiger partial charge on any atom is 0.224 e. The molecule has 0 atom stereocenters. The first-order chi connectivity index (χ1) is 7.56. The van der Waals surface area contributed by atoms with E-state index in [-0.39, 0.29) is 11.4 Å². The summed E-state index contributed by atoms with van der Waals surface area (Å²) in [5.41, 5.74) is 6.48. The number of rotatable bonds is 2. The summed E-state index contributed by atoms with van der Waals surface area (Å²) in [5.74, 6) is 1.12. The number of hydrogen-bond acceptors (Lipinski definition) is 4. The minimum Gasteiger partial charge on any atom is -0.491 e. The van der Waals surface area contributed by atoms with Crippen LogP contribution in [-0.4, -0.2) is 16.1 Å². The summed E-state index contributed by atoms with van der Waals surface area (Å²) in [6.07, 6.45) is 0.117. The molecule has 2 aromatic rings. The Labute approximate surface area is 98.4 Å². The van der Waals surface area contributed by atoms with Crippen LogP contribution in [0.5, 0.6) is 5.75 Å². The lowest BCUT2D eigenvalue weighted by molar-refractivity contribution is 0.243. The van der Waals surface area contributed by atoms with Crippen molar-refractivity contribution in [3.63, 3.8) is 0 Å². The first-order valence-electron chi connectivity index (χ1n) is 4.95. The van der Waals surface area contributed by atoms with Gasteiger partial charge in [-0.15, -0.1) is 0 Å². The van der Waals surface area contributed by atoms with Crippen LogP contribution in [0.25, 0.3) is 10.9 Å². The Morgan fingerprint density at radius 3 is 2.75 bits per heavy atom. The lowest BCUT2D eigenvalue weighted by Crippen LogP contribution is -2.05. The average Bonchev–Trinajstić information content (AvgIpc) is 2.18. The third-order valence-electron chi connectivity index (χ3n) is 2.04. The van der Waals surface area contributed by atoms with E-state index in [0.717, 1.165) is 11.1 Å². The topological polar surface area (TPSA) is 61.0 Å². The van der Waals surface area contributed by atoms with Gasteiger partial charge in [0.05, 0.1) is 11.6 Å². The number of benzene rings is 1. The largest absolute Gasteiger partial charge is 0.491 e. The molecule has 1 aromatic heterocycles. The van der Waals surface area contributed by atoms with Crippen LogP contribution < -0.4 is 10.5 Å². The normalized spacial score (nSPS) is 11.0. The van der Waals surface area contributed by atoms with Crippen molar-refractivity contribution in [1.29, 1.82) is 0 Å². The number of nitrogen functional groups attached to an aromatic ring is 1. The summed E-state index contributed by atoms with van der Waals surface area (Å²) in [4.78, 5) is 7.97. The van der Waals surface area contributed by atoms with Crippen molar-refractivity contribution in [2.24, 2.45) is 0 Å². The van der Waals surface area contributed by atoms with Crippen molar-refractivity contribution in [2.75, 3.05) is 5.73 Å². The molecule has 2 N–H and O–H groups in total. The van der Waals surface area contributed by atoms with Gasteiger partial charge in [0.1, 0.15) is 11.6 Å². The standard InChI is InChI=1S/C11H12ClN3O/c1-6(2)16-7-3-4-9-8(5-7)10(13)15-11(12)14-9/h3-6H,1-2H3,(H2,13,14,15). The number of anilines is 1. The highest BCUT2D eigenvalue weighted by molar-refractivity contribution is 6.28. The highest BCUT2D eigenvalue weighted by Gasteiger charge is 2.06. The molecule has 84 valence electrons. The molecular formula is C11H12ClN3O. The second-order valence-electron chi connectivity index (χ2n) is 3.72. The fourth-order valence-electron chi connectivity index (χ4n) is 1.45. The molecular weight excluding hydrogens is 226 g/mol. The summed E-state index contributed by atoms with van der Waals surface area (Å²) in [5, 5.41) is 0.907. The summed E-state index contributed by atoms with van der Waals surface area (Å²) in [7, 11) is 0. The summed E-state index contributed by atoms with van der Waals surface area (Å²) < 4.78 is 5.56.